The van der Waals surface area contributed by atoms with E-state index >= 15 is 0 Å². The van der Waals surface area contributed by atoms with Gasteiger partial charge in [-0.25, -0.2) is 0 Å². The first-order chi connectivity index (χ1) is 8.25. The molecule has 0 bridgehead atoms. The molecule has 0 aromatic carbocycles. The highest BCUT2D eigenvalue weighted by atomic mass is 35.5. The van der Waals surface area contributed by atoms with Gasteiger partial charge in [-0.3, -0.25) is 4.98 Å². The van der Waals surface area contributed by atoms with Crippen LogP contribution >= 0.6 is 23.2 Å². The van der Waals surface area contributed by atoms with Crippen molar-refractivity contribution in [3.05, 3.63) is 29.0 Å². The predicted octanol–water partition coefficient (Wildman–Crippen LogP) is 4.86. The van der Waals surface area contributed by atoms with E-state index in [-0.39, 0.29) is 5.38 Å². The molecule has 94 valence electrons. The molecule has 2 rings (SSSR count). The Morgan fingerprint density at radius 2 is 2.12 bits per heavy atom. The van der Waals surface area contributed by atoms with E-state index in [1.54, 1.807) is 12.4 Å². The monoisotopic (exact) mass is 271 g/mol. The lowest BCUT2D eigenvalue weighted by molar-refractivity contribution is 0.476. The summed E-state index contributed by atoms with van der Waals surface area (Å²) in [5.74, 6) is 0.921. The summed E-state index contributed by atoms with van der Waals surface area (Å²) in [6.07, 6.45) is 12.3. The van der Waals surface area contributed by atoms with E-state index in [1.807, 2.05) is 6.07 Å². The van der Waals surface area contributed by atoms with Crippen LogP contribution in [-0.2, 0) is 6.42 Å². The fourth-order valence-corrected chi connectivity index (χ4v) is 3.11. The molecule has 1 unspecified atom stereocenters. The van der Waals surface area contributed by atoms with Gasteiger partial charge >= 0.3 is 0 Å². The molecule has 1 nitrogen and oxygen atoms in total. The van der Waals surface area contributed by atoms with Crippen LogP contribution in [0.2, 0.25) is 5.02 Å². The maximum Gasteiger partial charge on any atom is 0.0621 e. The quantitative estimate of drug-likeness (QED) is 0.698. The molecule has 1 fully saturated rings. The number of rotatable bonds is 5. The third-order valence-electron chi connectivity index (χ3n) is 3.66. The lowest BCUT2D eigenvalue weighted by Crippen LogP contribution is -2.06. The molecule has 1 aromatic rings. The summed E-state index contributed by atoms with van der Waals surface area (Å²) in [6, 6.07) is 1.97. The van der Waals surface area contributed by atoms with Crippen LogP contribution in [0.5, 0.6) is 0 Å². The third kappa shape index (κ3) is 4.15. The molecule has 1 heterocycles. The summed E-state index contributed by atoms with van der Waals surface area (Å²) in [7, 11) is 0. The molecule has 0 amide bonds. The van der Waals surface area contributed by atoms with Crippen molar-refractivity contribution >= 4 is 23.2 Å². The van der Waals surface area contributed by atoms with Gasteiger partial charge in [-0.05, 0) is 36.8 Å². The van der Waals surface area contributed by atoms with Crippen LogP contribution in [0, 0.1) is 5.92 Å². The first kappa shape index (κ1) is 13.2. The van der Waals surface area contributed by atoms with Crippen molar-refractivity contribution in [3.8, 4) is 0 Å². The number of pyridine rings is 1. The third-order valence-corrected chi connectivity index (χ3v) is 4.37. The number of aromatic nitrogens is 1. The summed E-state index contributed by atoms with van der Waals surface area (Å²) >= 11 is 12.5. The zero-order chi connectivity index (χ0) is 12.1. The molecule has 1 aliphatic carbocycles. The molecule has 0 radical (unpaired) electrons. The Balaban J connectivity index is 1.76. The van der Waals surface area contributed by atoms with Crippen LogP contribution in [-0.4, -0.2) is 10.4 Å². The van der Waals surface area contributed by atoms with Gasteiger partial charge in [0, 0.05) is 17.8 Å². The number of nitrogens with zero attached hydrogens (tertiary/aromatic N) is 1. The van der Waals surface area contributed by atoms with E-state index in [9.17, 15) is 0 Å². The molecule has 1 atom stereocenters. The van der Waals surface area contributed by atoms with Crippen molar-refractivity contribution < 1.29 is 0 Å². The van der Waals surface area contributed by atoms with Gasteiger partial charge in [0.1, 0.15) is 0 Å². The van der Waals surface area contributed by atoms with Gasteiger partial charge in [-0.1, -0.05) is 37.3 Å². The Labute approximate surface area is 114 Å². The SMILES string of the molecule is Clc1cnccc1CC(Cl)CCC1CCCC1. The van der Waals surface area contributed by atoms with Crippen molar-refractivity contribution in [2.45, 2.75) is 50.3 Å². The fourth-order valence-electron chi connectivity index (χ4n) is 2.63. The fraction of sp³-hybridized carbons (Fsp3) is 0.643. The zero-order valence-electron chi connectivity index (χ0n) is 10.0. The van der Waals surface area contributed by atoms with Gasteiger partial charge in [0.05, 0.1) is 5.02 Å². The molecule has 0 N–H and O–H groups in total. The largest absolute Gasteiger partial charge is 0.263 e. The van der Waals surface area contributed by atoms with Gasteiger partial charge in [-0.15, -0.1) is 11.6 Å². The minimum absolute atomic E-state index is 0.204. The zero-order valence-corrected chi connectivity index (χ0v) is 11.6. The summed E-state index contributed by atoms with van der Waals surface area (Å²) in [4.78, 5) is 3.99. The normalized spacial score (nSPS) is 18.5. The molecule has 17 heavy (non-hydrogen) atoms. The Hall–Kier alpha value is -0.270. The van der Waals surface area contributed by atoms with E-state index in [0.717, 1.165) is 29.3 Å². The Morgan fingerprint density at radius 1 is 1.35 bits per heavy atom. The maximum atomic E-state index is 6.39. The predicted molar refractivity (Wildman–Crippen MR) is 73.8 cm³/mol. The van der Waals surface area contributed by atoms with Gasteiger partial charge in [-0.2, -0.15) is 0 Å². The van der Waals surface area contributed by atoms with Crippen LogP contribution in [0.15, 0.2) is 18.5 Å². The average Bonchev–Trinajstić information content (AvgIpc) is 2.82. The first-order valence-electron chi connectivity index (χ1n) is 6.48. The van der Waals surface area contributed by atoms with E-state index < -0.39 is 0 Å². The van der Waals surface area contributed by atoms with Crippen molar-refractivity contribution in [3.63, 3.8) is 0 Å². The summed E-state index contributed by atoms with van der Waals surface area (Å²) in [6.45, 7) is 0. The second kappa shape index (κ2) is 6.61. The molecular weight excluding hydrogens is 253 g/mol. The number of hydrogen-bond acceptors (Lipinski definition) is 1. The second-order valence-corrected chi connectivity index (χ2v) is 6.02. The smallest absolute Gasteiger partial charge is 0.0621 e. The van der Waals surface area contributed by atoms with Crippen LogP contribution < -0.4 is 0 Å². The minimum atomic E-state index is 0.204. The summed E-state index contributed by atoms with van der Waals surface area (Å²) in [5, 5.41) is 0.939. The van der Waals surface area contributed by atoms with Crippen molar-refractivity contribution in [2.24, 2.45) is 5.92 Å². The molecule has 0 aliphatic heterocycles. The van der Waals surface area contributed by atoms with Crippen LogP contribution in [0.4, 0.5) is 0 Å². The summed E-state index contributed by atoms with van der Waals surface area (Å²) < 4.78 is 0. The van der Waals surface area contributed by atoms with Gasteiger partial charge in [0.15, 0.2) is 0 Å². The molecular formula is C14H19Cl2N. The Morgan fingerprint density at radius 3 is 2.82 bits per heavy atom. The highest BCUT2D eigenvalue weighted by Gasteiger charge is 2.17. The maximum absolute atomic E-state index is 6.39. The van der Waals surface area contributed by atoms with E-state index in [0.29, 0.717) is 0 Å². The topological polar surface area (TPSA) is 12.9 Å². The van der Waals surface area contributed by atoms with Gasteiger partial charge in [0.25, 0.3) is 0 Å². The molecule has 0 spiro atoms. The van der Waals surface area contributed by atoms with Crippen LogP contribution in [0.25, 0.3) is 0 Å². The number of hydrogen-bond donors (Lipinski definition) is 0. The van der Waals surface area contributed by atoms with E-state index in [1.165, 1.54) is 32.1 Å². The molecule has 1 saturated carbocycles. The lowest BCUT2D eigenvalue weighted by Gasteiger charge is -2.13. The van der Waals surface area contributed by atoms with Crippen molar-refractivity contribution in [1.82, 2.24) is 4.98 Å². The Kier molecular flexibility index (Phi) is 5.12. The van der Waals surface area contributed by atoms with Crippen molar-refractivity contribution in [2.75, 3.05) is 0 Å². The van der Waals surface area contributed by atoms with Crippen LogP contribution in [0.3, 0.4) is 0 Å². The first-order valence-corrected chi connectivity index (χ1v) is 7.29. The highest BCUT2D eigenvalue weighted by Crippen LogP contribution is 2.30. The number of halogens is 2. The van der Waals surface area contributed by atoms with Gasteiger partial charge < -0.3 is 0 Å². The Bertz CT molecular complexity index is 348. The second-order valence-electron chi connectivity index (χ2n) is 5.00. The minimum Gasteiger partial charge on any atom is -0.263 e. The van der Waals surface area contributed by atoms with Crippen LogP contribution in [0.1, 0.15) is 44.1 Å². The molecule has 3 heteroatoms. The average molecular weight is 272 g/mol. The van der Waals surface area contributed by atoms with Crippen molar-refractivity contribution in [1.29, 1.82) is 0 Å². The lowest BCUT2D eigenvalue weighted by atomic mass is 9.98. The van der Waals surface area contributed by atoms with Gasteiger partial charge in [0.2, 0.25) is 0 Å². The highest BCUT2D eigenvalue weighted by molar-refractivity contribution is 6.31. The standard InChI is InChI=1S/C14H19Cl2N/c15-13(6-5-11-3-1-2-4-11)9-12-7-8-17-10-14(12)16/h7-8,10-11,13H,1-6,9H2. The van der Waals surface area contributed by atoms with E-state index in [2.05, 4.69) is 4.98 Å². The molecule has 1 aromatic heterocycles. The molecule has 1 aliphatic rings. The molecule has 0 saturated heterocycles. The number of alkyl halides is 1. The van der Waals surface area contributed by atoms with E-state index in [4.69, 9.17) is 23.2 Å². The summed E-state index contributed by atoms with van der Waals surface area (Å²) in [5.41, 5.74) is 1.12.